The van der Waals surface area contributed by atoms with Crippen LogP contribution in [-0.4, -0.2) is 46.0 Å². The van der Waals surface area contributed by atoms with Crippen LogP contribution in [0, 0.1) is 23.7 Å². The molecule has 0 aliphatic heterocycles. The van der Waals surface area contributed by atoms with Gasteiger partial charge in [-0.15, -0.1) is 0 Å². The number of rotatable bonds is 10. The molecule has 2 amide bonds. The molecule has 0 unspecified atom stereocenters. The summed E-state index contributed by atoms with van der Waals surface area (Å²) >= 11 is 0. The molecular formula is C38H38N2O6. The zero-order chi connectivity index (χ0) is 33.1. The van der Waals surface area contributed by atoms with Gasteiger partial charge in [-0.25, -0.2) is 0 Å². The monoisotopic (exact) mass is 618 g/mol. The fourth-order valence-corrected chi connectivity index (χ4v) is 6.69. The summed E-state index contributed by atoms with van der Waals surface area (Å²) in [6.45, 7) is 7.26. The number of benzene rings is 4. The summed E-state index contributed by atoms with van der Waals surface area (Å²) in [6.07, 6.45) is 0. The molecule has 4 atom stereocenters. The third kappa shape index (κ3) is 5.90. The number of carbonyl (C=O) groups is 4. The normalized spacial score (nSPS) is 18.9. The number of anilines is 2. The first kappa shape index (κ1) is 32.2. The average Bonchev–Trinajstić information content (AvgIpc) is 3.01. The Balaban J connectivity index is 1.62. The Bertz CT molecular complexity index is 1610. The van der Waals surface area contributed by atoms with Crippen molar-refractivity contribution in [3.05, 3.63) is 109 Å². The van der Waals surface area contributed by atoms with E-state index in [4.69, 9.17) is 0 Å². The molecule has 0 bridgehead atoms. The first-order chi connectivity index (χ1) is 22.0. The van der Waals surface area contributed by atoms with Gasteiger partial charge in [-0.05, 0) is 51.0 Å². The molecule has 4 aromatic carbocycles. The molecule has 46 heavy (non-hydrogen) atoms. The Morgan fingerprint density at radius 2 is 0.783 bits per heavy atom. The van der Waals surface area contributed by atoms with Crippen LogP contribution >= 0.6 is 0 Å². The van der Waals surface area contributed by atoms with Crippen LogP contribution in [0.25, 0.3) is 22.3 Å². The summed E-state index contributed by atoms with van der Waals surface area (Å²) in [6, 6.07) is 32.8. The van der Waals surface area contributed by atoms with Crippen LogP contribution < -0.4 is 9.80 Å². The van der Waals surface area contributed by atoms with Gasteiger partial charge in [0.05, 0.1) is 35.0 Å². The third-order valence-corrected chi connectivity index (χ3v) is 8.69. The van der Waals surface area contributed by atoms with E-state index in [9.17, 15) is 29.4 Å². The molecule has 0 spiro atoms. The smallest absolute Gasteiger partial charge is 0.308 e. The van der Waals surface area contributed by atoms with Gasteiger partial charge in [-0.2, -0.15) is 0 Å². The summed E-state index contributed by atoms with van der Waals surface area (Å²) < 4.78 is 0. The van der Waals surface area contributed by atoms with Crippen molar-refractivity contribution in [1.29, 1.82) is 0 Å². The Labute approximate surface area is 268 Å². The second kappa shape index (κ2) is 13.4. The second-order valence-electron chi connectivity index (χ2n) is 12.1. The molecule has 0 heterocycles. The Morgan fingerprint density at radius 3 is 1.09 bits per heavy atom. The maximum absolute atomic E-state index is 14.7. The van der Waals surface area contributed by atoms with Crippen LogP contribution in [0.3, 0.4) is 0 Å². The Morgan fingerprint density at radius 1 is 0.478 bits per heavy atom. The SMILES string of the molecule is CC(C)N(C(=O)[C@@H]1[C@H](C(=O)O)[C@@H](C(=O)O)[C@H]1C(=O)N(c1ccccc1-c1ccccc1)C(C)C)c1ccccc1-c1ccccc1. The van der Waals surface area contributed by atoms with Crippen molar-refractivity contribution in [2.45, 2.75) is 39.8 Å². The fourth-order valence-electron chi connectivity index (χ4n) is 6.69. The quantitative estimate of drug-likeness (QED) is 0.201. The first-order valence-corrected chi connectivity index (χ1v) is 15.4. The fraction of sp³-hybridized carbons (Fsp3) is 0.263. The van der Waals surface area contributed by atoms with E-state index in [2.05, 4.69) is 0 Å². The van der Waals surface area contributed by atoms with E-state index in [1.54, 1.807) is 24.3 Å². The lowest BCUT2D eigenvalue weighted by atomic mass is 9.55. The van der Waals surface area contributed by atoms with E-state index < -0.39 is 59.5 Å². The molecule has 236 valence electrons. The van der Waals surface area contributed by atoms with E-state index in [-0.39, 0.29) is 0 Å². The lowest BCUT2D eigenvalue weighted by Gasteiger charge is -2.49. The highest BCUT2D eigenvalue weighted by Crippen LogP contribution is 2.51. The Kier molecular flexibility index (Phi) is 9.37. The standard InChI is InChI=1S/C38H38N2O6/c1-23(2)39(29-21-13-11-19-27(29)25-15-7-5-8-16-25)35(41)31-32(34(38(45)46)33(31)37(43)44)36(42)40(24(3)4)30-22-14-12-20-28(30)26-17-9-6-10-18-26/h5-24,31-34H,1-4H3,(H,43,44)(H,45,46)/t31-,32-,33-,34-/m0/s1. The molecule has 4 aromatic rings. The van der Waals surface area contributed by atoms with Crippen molar-refractivity contribution in [2.24, 2.45) is 23.7 Å². The minimum Gasteiger partial charge on any atom is -0.481 e. The summed E-state index contributed by atoms with van der Waals surface area (Å²) in [5.74, 6) is -10.00. The van der Waals surface area contributed by atoms with E-state index in [0.717, 1.165) is 22.3 Å². The van der Waals surface area contributed by atoms with Gasteiger partial charge in [0, 0.05) is 23.2 Å². The molecule has 1 aliphatic rings. The molecule has 1 fully saturated rings. The summed E-state index contributed by atoms with van der Waals surface area (Å²) in [7, 11) is 0. The molecule has 1 saturated carbocycles. The van der Waals surface area contributed by atoms with E-state index in [1.807, 2.05) is 113 Å². The van der Waals surface area contributed by atoms with Crippen LogP contribution in [-0.2, 0) is 19.2 Å². The molecule has 0 saturated heterocycles. The number of carbonyl (C=O) groups excluding carboxylic acids is 2. The summed E-state index contributed by atoms with van der Waals surface area (Å²) in [4.78, 5) is 57.7. The summed E-state index contributed by atoms with van der Waals surface area (Å²) in [5, 5.41) is 20.6. The van der Waals surface area contributed by atoms with Gasteiger partial charge in [0.25, 0.3) is 0 Å². The molecule has 5 rings (SSSR count). The minimum atomic E-state index is -1.58. The molecular weight excluding hydrogens is 580 g/mol. The lowest BCUT2D eigenvalue weighted by Crippen LogP contribution is -2.65. The highest BCUT2D eigenvalue weighted by atomic mass is 16.4. The number of carboxylic acid groups (broad SMARTS) is 2. The zero-order valence-electron chi connectivity index (χ0n) is 26.3. The van der Waals surface area contributed by atoms with Crippen molar-refractivity contribution in [2.75, 3.05) is 9.80 Å². The van der Waals surface area contributed by atoms with Crippen LogP contribution in [0.2, 0.25) is 0 Å². The second-order valence-corrected chi connectivity index (χ2v) is 12.1. The summed E-state index contributed by atoms with van der Waals surface area (Å²) in [5.41, 5.74) is 4.35. The lowest BCUT2D eigenvalue weighted by molar-refractivity contribution is -0.180. The number of amides is 2. The van der Waals surface area contributed by atoms with Crippen molar-refractivity contribution < 1.29 is 29.4 Å². The number of hydrogen-bond acceptors (Lipinski definition) is 4. The third-order valence-electron chi connectivity index (χ3n) is 8.69. The molecule has 0 radical (unpaired) electrons. The van der Waals surface area contributed by atoms with E-state index >= 15 is 0 Å². The van der Waals surface area contributed by atoms with Crippen LogP contribution in [0.15, 0.2) is 109 Å². The number of para-hydroxylation sites is 2. The number of carboxylic acids is 2. The largest absolute Gasteiger partial charge is 0.481 e. The average molecular weight is 619 g/mol. The molecule has 2 N–H and O–H groups in total. The molecule has 0 aromatic heterocycles. The highest BCUT2D eigenvalue weighted by molar-refractivity contribution is 6.10. The van der Waals surface area contributed by atoms with E-state index in [0.29, 0.717) is 11.4 Å². The number of hydrogen-bond donors (Lipinski definition) is 2. The first-order valence-electron chi connectivity index (χ1n) is 15.4. The van der Waals surface area contributed by atoms with Gasteiger partial charge < -0.3 is 20.0 Å². The van der Waals surface area contributed by atoms with Gasteiger partial charge in [-0.3, -0.25) is 19.2 Å². The topological polar surface area (TPSA) is 115 Å². The molecule has 1 aliphatic carbocycles. The van der Waals surface area contributed by atoms with E-state index in [1.165, 1.54) is 9.80 Å². The van der Waals surface area contributed by atoms with Gasteiger partial charge in [0.1, 0.15) is 0 Å². The van der Waals surface area contributed by atoms with Gasteiger partial charge in [-0.1, -0.05) is 97.1 Å². The van der Waals surface area contributed by atoms with Gasteiger partial charge in [0.2, 0.25) is 11.8 Å². The number of aliphatic carboxylic acids is 2. The maximum Gasteiger partial charge on any atom is 0.308 e. The van der Waals surface area contributed by atoms with Crippen molar-refractivity contribution in [3.8, 4) is 22.3 Å². The van der Waals surface area contributed by atoms with Gasteiger partial charge in [0.15, 0.2) is 0 Å². The predicted molar refractivity (Wildman–Crippen MR) is 178 cm³/mol. The minimum absolute atomic E-state index is 0.425. The molecule has 8 heteroatoms. The maximum atomic E-state index is 14.7. The molecule has 8 nitrogen and oxygen atoms in total. The Hall–Kier alpha value is -5.24. The van der Waals surface area contributed by atoms with Crippen molar-refractivity contribution in [1.82, 2.24) is 0 Å². The zero-order valence-corrected chi connectivity index (χ0v) is 26.3. The van der Waals surface area contributed by atoms with Gasteiger partial charge >= 0.3 is 11.9 Å². The number of nitrogens with zero attached hydrogens (tertiary/aromatic N) is 2. The predicted octanol–water partition coefficient (Wildman–Crippen LogP) is 6.85. The van der Waals surface area contributed by atoms with Crippen molar-refractivity contribution >= 4 is 35.1 Å². The van der Waals surface area contributed by atoms with Crippen molar-refractivity contribution in [3.63, 3.8) is 0 Å². The van der Waals surface area contributed by atoms with Crippen LogP contribution in [0.4, 0.5) is 11.4 Å². The highest BCUT2D eigenvalue weighted by Gasteiger charge is 2.65. The van der Waals surface area contributed by atoms with Crippen LogP contribution in [0.5, 0.6) is 0 Å². The van der Waals surface area contributed by atoms with Crippen LogP contribution in [0.1, 0.15) is 27.7 Å².